The van der Waals surface area contributed by atoms with Gasteiger partial charge < -0.3 is 11.1 Å². The van der Waals surface area contributed by atoms with Crippen molar-refractivity contribution in [3.05, 3.63) is 42.0 Å². The molecule has 0 saturated carbocycles. The molecule has 0 bridgehead atoms. The highest BCUT2D eigenvalue weighted by Crippen LogP contribution is 2.14. The zero-order valence-electron chi connectivity index (χ0n) is 17.0. The van der Waals surface area contributed by atoms with Crippen molar-refractivity contribution in [1.29, 1.82) is 0 Å². The molecule has 0 fully saturated rings. The van der Waals surface area contributed by atoms with Gasteiger partial charge in [-0.2, -0.15) is 0 Å². The van der Waals surface area contributed by atoms with Gasteiger partial charge in [0.1, 0.15) is 6.04 Å². The summed E-state index contributed by atoms with van der Waals surface area (Å²) in [6.07, 6.45) is 14.5. The van der Waals surface area contributed by atoms with Crippen LogP contribution in [-0.4, -0.2) is 23.1 Å². The number of nitrogens with one attached hydrogen (secondary N) is 2. The number of amides is 2. The molecule has 156 valence electrons. The first-order valence-corrected chi connectivity index (χ1v) is 10.3. The van der Waals surface area contributed by atoms with Crippen LogP contribution in [0.15, 0.2) is 36.4 Å². The summed E-state index contributed by atoms with van der Waals surface area (Å²) in [7, 11) is 0. The van der Waals surface area contributed by atoms with Crippen molar-refractivity contribution in [2.75, 3.05) is 5.73 Å². The van der Waals surface area contributed by atoms with Crippen LogP contribution in [0, 0.1) is 0 Å². The third-order valence-corrected chi connectivity index (χ3v) is 4.69. The van der Waals surface area contributed by atoms with E-state index in [-0.39, 0.29) is 5.91 Å². The molecule has 6 nitrogen and oxygen atoms in total. The van der Waals surface area contributed by atoms with Crippen LogP contribution in [0.3, 0.4) is 0 Å². The van der Waals surface area contributed by atoms with Gasteiger partial charge in [-0.1, -0.05) is 49.6 Å². The van der Waals surface area contributed by atoms with Crippen molar-refractivity contribution in [1.82, 2.24) is 10.8 Å². The molecule has 0 heterocycles. The first-order chi connectivity index (χ1) is 13.5. The van der Waals surface area contributed by atoms with Crippen LogP contribution in [0.2, 0.25) is 0 Å². The first-order valence-electron chi connectivity index (χ1n) is 10.3. The zero-order valence-corrected chi connectivity index (χ0v) is 17.0. The summed E-state index contributed by atoms with van der Waals surface area (Å²) in [6.45, 7) is 1.54. The maximum absolute atomic E-state index is 11.7. The molecule has 0 spiro atoms. The second kappa shape index (κ2) is 14.7. The molecule has 2 amide bonds. The Hall–Kier alpha value is -2.34. The van der Waals surface area contributed by atoms with Gasteiger partial charge in [0.15, 0.2) is 0 Å². The summed E-state index contributed by atoms with van der Waals surface area (Å²) in [5.41, 5.74) is 9.58. The normalized spacial score (nSPS) is 12.1. The van der Waals surface area contributed by atoms with Crippen LogP contribution in [0.25, 0.3) is 0 Å². The molecule has 1 unspecified atom stereocenters. The SMILES string of the molecule is CC(NC(=O)CCCCCCC/C=C/CCCc1ccccc1N)C(=O)NO. The molecule has 0 aliphatic heterocycles. The van der Waals surface area contributed by atoms with Crippen LogP contribution >= 0.6 is 0 Å². The molecule has 0 aromatic heterocycles. The summed E-state index contributed by atoms with van der Waals surface area (Å²) in [6, 6.07) is 7.33. The lowest BCUT2D eigenvalue weighted by Gasteiger charge is -2.11. The summed E-state index contributed by atoms with van der Waals surface area (Å²) < 4.78 is 0. The maximum atomic E-state index is 11.7. The van der Waals surface area contributed by atoms with E-state index in [1.54, 1.807) is 0 Å². The number of benzene rings is 1. The van der Waals surface area contributed by atoms with Crippen molar-refractivity contribution in [2.24, 2.45) is 0 Å². The van der Waals surface area contributed by atoms with E-state index in [0.29, 0.717) is 6.42 Å². The fraction of sp³-hybridized carbons (Fsp3) is 0.545. The van der Waals surface area contributed by atoms with E-state index in [1.165, 1.54) is 24.4 Å². The molecule has 6 heteroatoms. The molecule has 0 aliphatic carbocycles. The molecule has 0 radical (unpaired) electrons. The number of para-hydroxylation sites is 1. The summed E-state index contributed by atoms with van der Waals surface area (Å²) in [4.78, 5) is 22.8. The third-order valence-electron chi connectivity index (χ3n) is 4.69. The third kappa shape index (κ3) is 10.7. The van der Waals surface area contributed by atoms with Crippen molar-refractivity contribution in [3.8, 4) is 0 Å². The minimum absolute atomic E-state index is 0.156. The van der Waals surface area contributed by atoms with Gasteiger partial charge in [-0.3, -0.25) is 14.8 Å². The fourth-order valence-electron chi connectivity index (χ4n) is 2.96. The highest BCUT2D eigenvalue weighted by molar-refractivity contribution is 5.86. The minimum Gasteiger partial charge on any atom is -0.399 e. The minimum atomic E-state index is -0.714. The molecular weight excluding hydrogens is 354 g/mol. The number of unbranched alkanes of at least 4 members (excludes halogenated alkanes) is 6. The van der Waals surface area contributed by atoms with Crippen LogP contribution < -0.4 is 16.5 Å². The second-order valence-electron chi connectivity index (χ2n) is 7.13. The van der Waals surface area contributed by atoms with Crippen LogP contribution in [0.4, 0.5) is 5.69 Å². The van der Waals surface area contributed by atoms with Gasteiger partial charge in [0.2, 0.25) is 5.91 Å². The molecule has 0 aliphatic rings. The molecule has 28 heavy (non-hydrogen) atoms. The standard InChI is InChI=1S/C22H35N3O3/c1-18(22(27)25-28)24-21(26)17-11-9-7-5-3-2-4-6-8-10-14-19-15-12-13-16-20(19)23/h4,6,12-13,15-16,18,28H,2-3,5,7-11,14,17,23H2,1H3,(H,24,26)(H,25,27)/b6-4+. The predicted molar refractivity (Wildman–Crippen MR) is 113 cm³/mol. The Morgan fingerprint density at radius 3 is 2.39 bits per heavy atom. The van der Waals surface area contributed by atoms with Crippen molar-refractivity contribution in [3.63, 3.8) is 0 Å². The lowest BCUT2D eigenvalue weighted by Crippen LogP contribution is -2.43. The number of nitrogen functional groups attached to an aromatic ring is 1. The fourth-order valence-corrected chi connectivity index (χ4v) is 2.96. The van der Waals surface area contributed by atoms with Gasteiger partial charge in [0, 0.05) is 12.1 Å². The van der Waals surface area contributed by atoms with Gasteiger partial charge in [-0.15, -0.1) is 0 Å². The number of rotatable bonds is 14. The largest absolute Gasteiger partial charge is 0.399 e. The number of hydrogen-bond donors (Lipinski definition) is 4. The van der Waals surface area contributed by atoms with Crippen molar-refractivity contribution in [2.45, 2.75) is 77.2 Å². The van der Waals surface area contributed by atoms with Crippen LogP contribution in [0.5, 0.6) is 0 Å². The number of aryl methyl sites for hydroxylation is 1. The Bertz CT molecular complexity index is 617. The molecule has 1 aromatic rings. The maximum Gasteiger partial charge on any atom is 0.265 e. The van der Waals surface area contributed by atoms with Crippen molar-refractivity contribution < 1.29 is 14.8 Å². The Morgan fingerprint density at radius 2 is 1.68 bits per heavy atom. The summed E-state index contributed by atoms with van der Waals surface area (Å²) in [5, 5.41) is 11.0. The lowest BCUT2D eigenvalue weighted by molar-refractivity contribution is -0.134. The van der Waals surface area contributed by atoms with E-state index in [4.69, 9.17) is 10.9 Å². The number of hydroxylamine groups is 1. The van der Waals surface area contributed by atoms with Gasteiger partial charge in [-0.05, 0) is 57.1 Å². The van der Waals surface area contributed by atoms with E-state index < -0.39 is 11.9 Å². The quantitative estimate of drug-likeness (QED) is 0.127. The second-order valence-corrected chi connectivity index (χ2v) is 7.13. The molecule has 1 aromatic carbocycles. The topological polar surface area (TPSA) is 104 Å². The van der Waals surface area contributed by atoms with Gasteiger partial charge in [-0.25, -0.2) is 5.48 Å². The average molecular weight is 390 g/mol. The van der Waals surface area contributed by atoms with Gasteiger partial charge in [0.05, 0.1) is 0 Å². The highest BCUT2D eigenvalue weighted by atomic mass is 16.5. The number of allylic oxidation sites excluding steroid dienone is 2. The zero-order chi connectivity index (χ0) is 20.6. The van der Waals surface area contributed by atoms with E-state index in [0.717, 1.165) is 57.1 Å². The molecular formula is C22H35N3O3. The molecule has 5 N–H and O–H groups in total. The Balaban J connectivity index is 1.93. The Labute approximate surface area is 168 Å². The van der Waals surface area contributed by atoms with E-state index in [9.17, 15) is 9.59 Å². The van der Waals surface area contributed by atoms with E-state index >= 15 is 0 Å². The predicted octanol–water partition coefficient (Wildman–Crippen LogP) is 3.89. The number of carbonyl (C=O) groups is 2. The smallest absolute Gasteiger partial charge is 0.265 e. The number of hydrogen-bond acceptors (Lipinski definition) is 4. The van der Waals surface area contributed by atoms with E-state index in [1.807, 2.05) is 18.2 Å². The monoisotopic (exact) mass is 389 g/mol. The Morgan fingerprint density at radius 1 is 1.04 bits per heavy atom. The highest BCUT2D eigenvalue weighted by Gasteiger charge is 2.13. The summed E-state index contributed by atoms with van der Waals surface area (Å²) >= 11 is 0. The van der Waals surface area contributed by atoms with Gasteiger partial charge in [0.25, 0.3) is 5.91 Å². The lowest BCUT2D eigenvalue weighted by atomic mass is 10.1. The number of anilines is 1. The average Bonchev–Trinajstić information content (AvgIpc) is 2.69. The van der Waals surface area contributed by atoms with Crippen LogP contribution in [0.1, 0.15) is 70.3 Å². The number of nitrogens with two attached hydrogens (primary N) is 1. The van der Waals surface area contributed by atoms with Gasteiger partial charge >= 0.3 is 0 Å². The molecule has 1 atom stereocenters. The van der Waals surface area contributed by atoms with Crippen LogP contribution in [-0.2, 0) is 16.0 Å². The molecule has 0 saturated heterocycles. The summed E-state index contributed by atoms with van der Waals surface area (Å²) in [5.74, 6) is -0.762. The molecule has 1 rings (SSSR count). The Kier molecular flexibility index (Phi) is 12.4. The first kappa shape index (κ1) is 23.7. The number of carbonyl (C=O) groups excluding carboxylic acids is 2. The van der Waals surface area contributed by atoms with Crippen molar-refractivity contribution >= 4 is 17.5 Å². The van der Waals surface area contributed by atoms with E-state index in [2.05, 4.69) is 23.5 Å².